The molecule has 1 aromatic carbocycles. The number of fused-ring (bicyclic) bond motifs is 1. The molecule has 2 N–H and O–H groups in total. The molecule has 3 rings (SSSR count). The molecule has 0 radical (unpaired) electrons. The van der Waals surface area contributed by atoms with Gasteiger partial charge in [0.1, 0.15) is 0 Å². The van der Waals surface area contributed by atoms with Crippen LogP contribution in [-0.4, -0.2) is 16.7 Å². The van der Waals surface area contributed by atoms with Crippen LogP contribution < -0.4 is 10.5 Å². The van der Waals surface area contributed by atoms with Crippen molar-refractivity contribution in [3.05, 3.63) is 17.9 Å². The highest BCUT2D eigenvalue weighted by Crippen LogP contribution is 2.46. The van der Waals surface area contributed by atoms with Crippen LogP contribution in [0.15, 0.2) is 12.1 Å². The van der Waals surface area contributed by atoms with Crippen LogP contribution in [-0.2, 0) is 5.54 Å². The Balaban J connectivity index is 2.31. The number of ether oxygens (including phenoxy) is 1. The van der Waals surface area contributed by atoms with E-state index in [1.807, 2.05) is 4.57 Å². The smallest absolute Gasteiger partial charge is 0.201 e. The Hall–Kier alpha value is -1.78. The third-order valence-corrected chi connectivity index (χ3v) is 3.47. The molecule has 1 heterocycles. The summed E-state index contributed by atoms with van der Waals surface area (Å²) < 4.78 is 20.5. The first-order chi connectivity index (χ1) is 8.05. The van der Waals surface area contributed by atoms with Crippen LogP contribution in [0.5, 0.6) is 5.75 Å². The molecular formula is C12H14FN3O. The van der Waals surface area contributed by atoms with Crippen molar-refractivity contribution < 1.29 is 9.13 Å². The summed E-state index contributed by atoms with van der Waals surface area (Å²) in [4.78, 5) is 4.20. The summed E-state index contributed by atoms with van der Waals surface area (Å²) in [5, 5.41) is 0. The fraction of sp³-hybridized carbons (Fsp3) is 0.417. The Morgan fingerprint density at radius 1 is 1.47 bits per heavy atom. The van der Waals surface area contributed by atoms with Crippen molar-refractivity contribution in [3.8, 4) is 5.75 Å². The van der Waals surface area contributed by atoms with Crippen molar-refractivity contribution in [2.24, 2.45) is 0 Å². The fourth-order valence-corrected chi connectivity index (χ4v) is 2.23. The summed E-state index contributed by atoms with van der Waals surface area (Å²) in [6.45, 7) is 2.13. The molecule has 0 bridgehead atoms. The normalized spacial score (nSPS) is 17.4. The third-order valence-electron chi connectivity index (χ3n) is 3.47. The first-order valence-corrected chi connectivity index (χ1v) is 5.57. The van der Waals surface area contributed by atoms with Crippen LogP contribution in [0.4, 0.5) is 10.3 Å². The van der Waals surface area contributed by atoms with E-state index in [4.69, 9.17) is 10.5 Å². The second-order valence-electron chi connectivity index (χ2n) is 4.78. The highest BCUT2D eigenvalue weighted by molar-refractivity contribution is 5.80. The van der Waals surface area contributed by atoms with Crippen molar-refractivity contribution in [2.45, 2.75) is 25.3 Å². The van der Waals surface area contributed by atoms with Gasteiger partial charge < -0.3 is 15.0 Å². The number of anilines is 1. The van der Waals surface area contributed by atoms with Crippen molar-refractivity contribution in [3.63, 3.8) is 0 Å². The number of hydrogen-bond donors (Lipinski definition) is 1. The summed E-state index contributed by atoms with van der Waals surface area (Å²) in [6, 6.07) is 3.03. The molecule has 0 amide bonds. The van der Waals surface area contributed by atoms with Crippen LogP contribution in [0, 0.1) is 5.82 Å². The van der Waals surface area contributed by atoms with Crippen LogP contribution in [0.3, 0.4) is 0 Å². The number of rotatable bonds is 2. The molecule has 2 aromatic rings. The lowest BCUT2D eigenvalue weighted by atomic mass is 10.2. The molecule has 1 fully saturated rings. The minimum absolute atomic E-state index is 0.0294. The Kier molecular flexibility index (Phi) is 1.91. The van der Waals surface area contributed by atoms with E-state index in [0.717, 1.165) is 18.4 Å². The van der Waals surface area contributed by atoms with E-state index in [9.17, 15) is 4.39 Å². The lowest BCUT2D eigenvalue weighted by Crippen LogP contribution is -2.14. The monoisotopic (exact) mass is 235 g/mol. The largest absolute Gasteiger partial charge is 0.494 e. The molecule has 1 aliphatic rings. The van der Waals surface area contributed by atoms with E-state index in [0.29, 0.717) is 11.5 Å². The lowest BCUT2D eigenvalue weighted by Gasteiger charge is -2.14. The van der Waals surface area contributed by atoms with Gasteiger partial charge in [0.2, 0.25) is 5.95 Å². The molecule has 0 saturated heterocycles. The van der Waals surface area contributed by atoms with Crippen LogP contribution in [0.25, 0.3) is 11.0 Å². The maximum absolute atomic E-state index is 13.6. The molecule has 0 spiro atoms. The van der Waals surface area contributed by atoms with Gasteiger partial charge in [-0.1, -0.05) is 0 Å². The molecule has 4 nitrogen and oxygen atoms in total. The number of nitrogens with two attached hydrogens (primary N) is 1. The topological polar surface area (TPSA) is 53.1 Å². The lowest BCUT2D eigenvalue weighted by molar-refractivity contribution is 0.387. The number of nitrogens with zero attached hydrogens (tertiary/aromatic N) is 2. The molecule has 1 aliphatic carbocycles. The van der Waals surface area contributed by atoms with E-state index in [-0.39, 0.29) is 11.3 Å². The molecular weight excluding hydrogens is 221 g/mol. The zero-order valence-corrected chi connectivity index (χ0v) is 9.83. The van der Waals surface area contributed by atoms with Crippen LogP contribution in [0.1, 0.15) is 19.8 Å². The molecule has 0 atom stereocenters. The van der Waals surface area contributed by atoms with Gasteiger partial charge in [-0.3, -0.25) is 0 Å². The van der Waals surface area contributed by atoms with Gasteiger partial charge >= 0.3 is 0 Å². The molecule has 5 heteroatoms. The minimum Gasteiger partial charge on any atom is -0.494 e. The molecule has 0 unspecified atom stereocenters. The van der Waals surface area contributed by atoms with Crippen LogP contribution >= 0.6 is 0 Å². The fourth-order valence-electron chi connectivity index (χ4n) is 2.23. The third kappa shape index (κ3) is 1.38. The van der Waals surface area contributed by atoms with Gasteiger partial charge in [-0.2, -0.15) is 0 Å². The van der Waals surface area contributed by atoms with Gasteiger partial charge in [-0.25, -0.2) is 9.37 Å². The summed E-state index contributed by atoms with van der Waals surface area (Å²) >= 11 is 0. The Bertz CT molecular complexity index is 601. The van der Waals surface area contributed by atoms with Crippen LogP contribution in [0.2, 0.25) is 0 Å². The summed E-state index contributed by atoms with van der Waals surface area (Å²) in [7, 11) is 1.45. The maximum atomic E-state index is 13.6. The Morgan fingerprint density at radius 3 is 2.76 bits per heavy atom. The molecule has 17 heavy (non-hydrogen) atoms. The molecule has 1 saturated carbocycles. The van der Waals surface area contributed by atoms with E-state index in [1.54, 1.807) is 6.07 Å². The minimum atomic E-state index is -0.411. The average molecular weight is 235 g/mol. The van der Waals surface area contributed by atoms with Crippen molar-refractivity contribution in [2.75, 3.05) is 12.8 Å². The number of methoxy groups -OCH3 is 1. The summed E-state index contributed by atoms with van der Waals surface area (Å²) in [5.41, 5.74) is 7.35. The zero-order chi connectivity index (χ0) is 12.2. The standard InChI is InChI=1S/C12H14FN3O/c1-12(3-4-12)16-9-6-10(17-2)7(13)5-8(9)15-11(16)14/h5-6H,3-4H2,1-2H3,(H2,14,15). The number of imidazole rings is 1. The number of benzene rings is 1. The van der Waals surface area contributed by atoms with E-state index < -0.39 is 5.82 Å². The Labute approximate surface area is 98.2 Å². The number of halogens is 1. The summed E-state index contributed by atoms with van der Waals surface area (Å²) in [6.07, 6.45) is 2.14. The number of nitrogen functional groups attached to an aromatic ring is 1. The summed E-state index contributed by atoms with van der Waals surface area (Å²) in [5.74, 6) is 0.251. The zero-order valence-electron chi connectivity index (χ0n) is 9.83. The van der Waals surface area contributed by atoms with Gasteiger partial charge in [0.15, 0.2) is 11.6 Å². The van der Waals surface area contributed by atoms with E-state index in [1.165, 1.54) is 13.2 Å². The number of hydrogen-bond acceptors (Lipinski definition) is 3. The van der Waals surface area contributed by atoms with Crippen molar-refractivity contribution in [1.82, 2.24) is 9.55 Å². The predicted molar refractivity (Wildman–Crippen MR) is 63.5 cm³/mol. The van der Waals surface area contributed by atoms with Crippen molar-refractivity contribution >= 4 is 17.0 Å². The highest BCUT2D eigenvalue weighted by atomic mass is 19.1. The van der Waals surface area contributed by atoms with Gasteiger partial charge in [0.25, 0.3) is 0 Å². The van der Waals surface area contributed by atoms with Gasteiger partial charge in [-0.15, -0.1) is 0 Å². The first kappa shape index (κ1) is 10.4. The van der Waals surface area contributed by atoms with E-state index >= 15 is 0 Å². The average Bonchev–Trinajstić information content (AvgIpc) is 2.91. The van der Waals surface area contributed by atoms with E-state index in [2.05, 4.69) is 11.9 Å². The van der Waals surface area contributed by atoms with Crippen molar-refractivity contribution in [1.29, 1.82) is 0 Å². The number of aromatic nitrogens is 2. The first-order valence-electron chi connectivity index (χ1n) is 5.57. The second kappa shape index (κ2) is 3.12. The second-order valence-corrected chi connectivity index (χ2v) is 4.78. The SMILES string of the molecule is COc1cc2c(cc1F)nc(N)n2C1(C)CC1. The molecule has 0 aliphatic heterocycles. The quantitative estimate of drug-likeness (QED) is 0.868. The van der Waals surface area contributed by atoms with Gasteiger partial charge in [0.05, 0.1) is 18.1 Å². The maximum Gasteiger partial charge on any atom is 0.201 e. The highest BCUT2D eigenvalue weighted by Gasteiger charge is 2.41. The van der Waals surface area contributed by atoms with Gasteiger partial charge in [0, 0.05) is 17.7 Å². The predicted octanol–water partition coefficient (Wildman–Crippen LogP) is 2.28. The molecule has 90 valence electrons. The molecule has 1 aromatic heterocycles. The Morgan fingerprint density at radius 2 is 2.18 bits per heavy atom. The van der Waals surface area contributed by atoms with Gasteiger partial charge in [-0.05, 0) is 19.8 Å².